The van der Waals surface area contributed by atoms with Gasteiger partial charge in [-0.15, -0.1) is 0 Å². The zero-order valence-corrected chi connectivity index (χ0v) is 15.2. The van der Waals surface area contributed by atoms with Crippen molar-refractivity contribution in [3.05, 3.63) is 75.6 Å². The second-order valence-electron chi connectivity index (χ2n) is 5.06. The Morgan fingerprint density at radius 1 is 1.20 bits per heavy atom. The Kier molecular flexibility index (Phi) is 5.31. The van der Waals surface area contributed by atoms with Gasteiger partial charge >= 0.3 is 5.97 Å². The summed E-state index contributed by atoms with van der Waals surface area (Å²) in [6.07, 6.45) is 4.51. The van der Waals surface area contributed by atoms with Gasteiger partial charge in [-0.1, -0.05) is 51.8 Å². The Morgan fingerprint density at radius 2 is 1.96 bits per heavy atom. The number of pyridine rings is 1. The first-order valence-corrected chi connectivity index (χ1v) is 8.48. The van der Waals surface area contributed by atoms with Crippen molar-refractivity contribution >= 4 is 51.0 Å². The van der Waals surface area contributed by atoms with Crippen LogP contribution in [0, 0.1) is 0 Å². The molecule has 0 bridgehead atoms. The van der Waals surface area contributed by atoms with Gasteiger partial charge in [-0.05, 0) is 24.3 Å². The van der Waals surface area contributed by atoms with Crippen molar-refractivity contribution in [2.24, 2.45) is 0 Å². The van der Waals surface area contributed by atoms with E-state index in [1.807, 2.05) is 12.1 Å². The average molecular weight is 420 g/mol. The van der Waals surface area contributed by atoms with Crippen molar-refractivity contribution in [3.8, 4) is 0 Å². The molecule has 0 unspecified atom stereocenters. The number of carbonyl (C=O) groups is 2. The number of benzene rings is 1. The first-order chi connectivity index (χ1) is 12.1. The third kappa shape index (κ3) is 3.97. The summed E-state index contributed by atoms with van der Waals surface area (Å²) in [6.45, 7) is -0.341. The molecule has 0 saturated heterocycles. The van der Waals surface area contributed by atoms with Crippen LogP contribution < -0.4 is 0 Å². The summed E-state index contributed by atoms with van der Waals surface area (Å²) in [6, 6.07) is 12.4. The number of esters is 1. The van der Waals surface area contributed by atoms with Crippen molar-refractivity contribution in [3.63, 3.8) is 0 Å². The van der Waals surface area contributed by atoms with Crippen molar-refractivity contribution < 1.29 is 14.3 Å². The smallest absolute Gasteiger partial charge is 0.331 e. The molecule has 126 valence electrons. The first-order valence-electron chi connectivity index (χ1n) is 7.31. The topological polar surface area (TPSA) is 60.7 Å². The standard InChI is InChI=1S/C18H12BrClN2O3/c19-13-6-2-1-5-12(13)15(23)11-25-17(24)9-8-14-18(20)21-16-7-3-4-10-22(14)16/h1-10H,11H2/b9-8+. The van der Waals surface area contributed by atoms with E-state index in [1.54, 1.807) is 40.9 Å². The van der Waals surface area contributed by atoms with E-state index in [9.17, 15) is 9.59 Å². The van der Waals surface area contributed by atoms with Crippen LogP contribution in [0.15, 0.2) is 59.2 Å². The summed E-state index contributed by atoms with van der Waals surface area (Å²) in [5.41, 5.74) is 1.69. The van der Waals surface area contributed by atoms with Gasteiger partial charge in [0.2, 0.25) is 5.78 Å². The molecule has 0 aliphatic rings. The zero-order chi connectivity index (χ0) is 17.8. The number of imidazole rings is 1. The molecule has 5 nitrogen and oxygen atoms in total. The number of rotatable bonds is 5. The van der Waals surface area contributed by atoms with Crippen molar-refractivity contribution in [1.29, 1.82) is 0 Å². The molecule has 0 amide bonds. The van der Waals surface area contributed by atoms with E-state index >= 15 is 0 Å². The molecule has 0 spiro atoms. The summed E-state index contributed by atoms with van der Waals surface area (Å²) in [4.78, 5) is 28.1. The van der Waals surface area contributed by atoms with Gasteiger partial charge in [-0.2, -0.15) is 0 Å². The number of fused-ring (bicyclic) bond motifs is 1. The van der Waals surface area contributed by atoms with Gasteiger partial charge in [0.15, 0.2) is 11.8 Å². The van der Waals surface area contributed by atoms with E-state index in [0.29, 0.717) is 21.4 Å². The van der Waals surface area contributed by atoms with Crippen LogP contribution in [0.3, 0.4) is 0 Å². The number of nitrogens with zero attached hydrogens (tertiary/aromatic N) is 2. The molecule has 0 radical (unpaired) electrons. The number of hydrogen-bond acceptors (Lipinski definition) is 4. The molecule has 0 saturated carbocycles. The van der Waals surface area contributed by atoms with Gasteiger partial charge in [-0.3, -0.25) is 9.20 Å². The number of carbonyl (C=O) groups excluding carboxylic acids is 2. The minimum atomic E-state index is -0.637. The van der Waals surface area contributed by atoms with E-state index in [-0.39, 0.29) is 17.5 Å². The second-order valence-corrected chi connectivity index (χ2v) is 6.27. The van der Waals surface area contributed by atoms with Crippen LogP contribution in [0.2, 0.25) is 5.15 Å². The van der Waals surface area contributed by atoms with Gasteiger partial charge in [0, 0.05) is 22.3 Å². The van der Waals surface area contributed by atoms with Gasteiger partial charge in [-0.25, -0.2) is 9.78 Å². The number of hydrogen-bond donors (Lipinski definition) is 0. The predicted octanol–water partition coefficient (Wildman–Crippen LogP) is 4.19. The largest absolute Gasteiger partial charge is 0.454 e. The number of ketones is 1. The average Bonchev–Trinajstić information content (AvgIpc) is 2.93. The van der Waals surface area contributed by atoms with Gasteiger partial charge in [0.1, 0.15) is 5.65 Å². The lowest BCUT2D eigenvalue weighted by Crippen LogP contribution is -2.13. The molecule has 1 aromatic carbocycles. The molecule has 3 aromatic rings. The van der Waals surface area contributed by atoms with E-state index in [0.717, 1.165) is 0 Å². The normalized spacial score (nSPS) is 11.1. The van der Waals surface area contributed by atoms with Crippen LogP contribution in [0.25, 0.3) is 11.7 Å². The fraction of sp³-hybridized carbons (Fsp3) is 0.0556. The maximum Gasteiger partial charge on any atom is 0.331 e. The van der Waals surface area contributed by atoms with Crippen LogP contribution in [0.5, 0.6) is 0 Å². The quantitative estimate of drug-likeness (QED) is 0.353. The molecule has 7 heteroatoms. The molecule has 25 heavy (non-hydrogen) atoms. The maximum atomic E-state index is 12.1. The summed E-state index contributed by atoms with van der Waals surface area (Å²) in [5, 5.41) is 0.277. The van der Waals surface area contributed by atoms with Crippen LogP contribution in [0.1, 0.15) is 16.1 Å². The monoisotopic (exact) mass is 418 g/mol. The number of aromatic nitrogens is 2. The van der Waals surface area contributed by atoms with E-state index in [1.165, 1.54) is 12.2 Å². The van der Waals surface area contributed by atoms with Crippen LogP contribution in [-0.4, -0.2) is 27.7 Å². The second kappa shape index (κ2) is 7.63. The molecule has 0 aliphatic carbocycles. The van der Waals surface area contributed by atoms with Gasteiger partial charge in [0.25, 0.3) is 0 Å². The Bertz CT molecular complexity index is 981. The first kappa shape index (κ1) is 17.4. The highest BCUT2D eigenvalue weighted by atomic mass is 79.9. The number of halogens is 2. The lowest BCUT2D eigenvalue weighted by molar-refractivity contribution is -0.136. The summed E-state index contributed by atoms with van der Waals surface area (Å²) in [7, 11) is 0. The van der Waals surface area contributed by atoms with Crippen molar-refractivity contribution in [2.75, 3.05) is 6.61 Å². The molecular weight excluding hydrogens is 408 g/mol. The van der Waals surface area contributed by atoms with Crippen LogP contribution in [0.4, 0.5) is 0 Å². The lowest BCUT2D eigenvalue weighted by Gasteiger charge is -2.03. The van der Waals surface area contributed by atoms with Crippen molar-refractivity contribution in [1.82, 2.24) is 9.38 Å². The Hall–Kier alpha value is -2.44. The fourth-order valence-electron chi connectivity index (χ4n) is 2.23. The van der Waals surface area contributed by atoms with Crippen LogP contribution in [-0.2, 0) is 9.53 Å². The highest BCUT2D eigenvalue weighted by Gasteiger charge is 2.12. The highest BCUT2D eigenvalue weighted by molar-refractivity contribution is 9.10. The maximum absolute atomic E-state index is 12.1. The molecular formula is C18H12BrClN2O3. The number of ether oxygens (including phenoxy) is 1. The highest BCUT2D eigenvalue weighted by Crippen LogP contribution is 2.19. The molecule has 0 fully saturated rings. The third-order valence-electron chi connectivity index (χ3n) is 3.42. The molecule has 0 N–H and O–H groups in total. The number of Topliss-reactive ketones (excluding diaryl/α,β-unsaturated/α-hetero) is 1. The lowest BCUT2D eigenvalue weighted by atomic mass is 10.1. The van der Waals surface area contributed by atoms with Gasteiger partial charge in [0.05, 0.1) is 5.69 Å². The Morgan fingerprint density at radius 3 is 2.76 bits per heavy atom. The van der Waals surface area contributed by atoms with Crippen LogP contribution >= 0.6 is 27.5 Å². The minimum absolute atomic E-state index is 0.277. The minimum Gasteiger partial charge on any atom is -0.454 e. The van der Waals surface area contributed by atoms with E-state index < -0.39 is 5.97 Å². The SMILES string of the molecule is O=C(/C=C/c1c(Cl)nc2ccccn12)OCC(=O)c1ccccc1Br. The predicted molar refractivity (Wildman–Crippen MR) is 98.7 cm³/mol. The van der Waals surface area contributed by atoms with Gasteiger partial charge < -0.3 is 4.74 Å². The van der Waals surface area contributed by atoms with E-state index in [4.69, 9.17) is 16.3 Å². The summed E-state index contributed by atoms with van der Waals surface area (Å²) in [5.74, 6) is -0.926. The molecule has 0 aliphatic heterocycles. The summed E-state index contributed by atoms with van der Waals surface area (Å²) >= 11 is 9.37. The summed E-state index contributed by atoms with van der Waals surface area (Å²) < 4.78 is 7.40. The molecule has 3 rings (SSSR count). The Labute approximate surface area is 157 Å². The van der Waals surface area contributed by atoms with E-state index in [2.05, 4.69) is 20.9 Å². The third-order valence-corrected chi connectivity index (χ3v) is 4.39. The fourth-order valence-corrected chi connectivity index (χ4v) is 2.98. The zero-order valence-electron chi connectivity index (χ0n) is 12.9. The molecule has 2 aromatic heterocycles. The Balaban J connectivity index is 1.66. The molecule has 2 heterocycles. The molecule has 0 atom stereocenters. The van der Waals surface area contributed by atoms with Crippen molar-refractivity contribution in [2.45, 2.75) is 0 Å².